The first-order valence-corrected chi connectivity index (χ1v) is 6.60. The van der Waals surface area contributed by atoms with E-state index in [0.29, 0.717) is 12.5 Å². The van der Waals surface area contributed by atoms with Crippen molar-refractivity contribution in [3.05, 3.63) is 0 Å². The number of hydrogen-bond donors (Lipinski definition) is 1. The summed E-state index contributed by atoms with van der Waals surface area (Å²) in [5, 5.41) is 0. The van der Waals surface area contributed by atoms with Gasteiger partial charge in [0.15, 0.2) is 0 Å². The van der Waals surface area contributed by atoms with Gasteiger partial charge in [-0.15, -0.1) is 0 Å². The molecule has 13 heavy (non-hydrogen) atoms. The van der Waals surface area contributed by atoms with Crippen LogP contribution in [0.2, 0.25) is 0 Å². The smallest absolute Gasteiger partial charge is 0.0272 e. The highest BCUT2D eigenvalue weighted by atomic mass is 32.2. The Labute approximate surface area is 84.7 Å². The van der Waals surface area contributed by atoms with E-state index in [2.05, 4.69) is 20.8 Å². The Kier molecular flexibility index (Phi) is 7.57. The third-order valence-electron chi connectivity index (χ3n) is 2.03. The molecule has 0 amide bonds. The first-order chi connectivity index (χ1) is 6.06. The lowest BCUT2D eigenvalue weighted by atomic mass is 10.1. The van der Waals surface area contributed by atoms with E-state index in [-0.39, 0.29) is 0 Å². The Morgan fingerprint density at radius 2 is 1.92 bits per heavy atom. The highest BCUT2D eigenvalue weighted by Crippen LogP contribution is 2.05. The van der Waals surface area contributed by atoms with E-state index < -0.39 is 10.8 Å². The largest absolute Gasteiger partial charge is 0.330 e. The maximum atomic E-state index is 11.4. The zero-order valence-electron chi connectivity index (χ0n) is 9.08. The van der Waals surface area contributed by atoms with Gasteiger partial charge in [0.05, 0.1) is 0 Å². The zero-order valence-corrected chi connectivity index (χ0v) is 9.90. The van der Waals surface area contributed by atoms with Gasteiger partial charge in [0.25, 0.3) is 0 Å². The second-order valence-electron chi connectivity index (χ2n) is 4.19. The van der Waals surface area contributed by atoms with E-state index in [0.717, 1.165) is 23.8 Å². The van der Waals surface area contributed by atoms with Crippen molar-refractivity contribution in [2.75, 3.05) is 18.1 Å². The Hall–Kier alpha value is 0.110. The number of rotatable bonds is 7. The molecule has 0 aromatic rings. The fourth-order valence-corrected chi connectivity index (χ4v) is 2.55. The van der Waals surface area contributed by atoms with Crippen LogP contribution in [-0.4, -0.2) is 22.3 Å². The van der Waals surface area contributed by atoms with Crippen molar-refractivity contribution in [2.24, 2.45) is 17.6 Å². The normalized spacial score (nSPS) is 16.1. The fourth-order valence-electron chi connectivity index (χ4n) is 1.12. The summed E-state index contributed by atoms with van der Waals surface area (Å²) in [4.78, 5) is 0. The molecule has 0 spiro atoms. The minimum Gasteiger partial charge on any atom is -0.330 e. The Bertz CT molecular complexity index is 148. The molecule has 0 heterocycles. The molecule has 0 radical (unpaired) electrons. The van der Waals surface area contributed by atoms with Gasteiger partial charge in [-0.1, -0.05) is 27.2 Å². The molecule has 0 aliphatic heterocycles. The molecule has 0 aliphatic rings. The highest BCUT2D eigenvalue weighted by Gasteiger charge is 2.05. The lowest BCUT2D eigenvalue weighted by Gasteiger charge is -2.08. The number of nitrogens with two attached hydrogens (primary N) is 1. The van der Waals surface area contributed by atoms with Crippen molar-refractivity contribution >= 4 is 10.8 Å². The van der Waals surface area contributed by atoms with Crippen molar-refractivity contribution in [1.82, 2.24) is 0 Å². The van der Waals surface area contributed by atoms with Gasteiger partial charge < -0.3 is 5.73 Å². The SMILES string of the molecule is CC(C)CCCS(=O)CC(C)CN. The third-order valence-corrected chi connectivity index (χ3v) is 3.71. The Balaban J connectivity index is 3.41. The monoisotopic (exact) mass is 205 g/mol. The molecule has 2 nitrogen and oxygen atoms in total. The van der Waals surface area contributed by atoms with Crippen LogP contribution in [0.3, 0.4) is 0 Å². The van der Waals surface area contributed by atoms with Crippen LogP contribution in [0, 0.1) is 11.8 Å². The van der Waals surface area contributed by atoms with Gasteiger partial charge in [-0.05, 0) is 24.8 Å². The predicted octanol–water partition coefficient (Wildman–Crippen LogP) is 1.77. The minimum absolute atomic E-state index is 0.403. The second kappa shape index (κ2) is 7.51. The van der Waals surface area contributed by atoms with E-state index in [4.69, 9.17) is 5.73 Å². The summed E-state index contributed by atoms with van der Waals surface area (Å²) in [6.07, 6.45) is 2.27. The fraction of sp³-hybridized carbons (Fsp3) is 1.00. The molecule has 2 unspecified atom stereocenters. The van der Waals surface area contributed by atoms with Crippen LogP contribution in [0.1, 0.15) is 33.6 Å². The molecular weight excluding hydrogens is 182 g/mol. The summed E-state index contributed by atoms with van der Waals surface area (Å²) in [7, 11) is -0.646. The van der Waals surface area contributed by atoms with Crippen LogP contribution in [-0.2, 0) is 10.8 Å². The van der Waals surface area contributed by atoms with Gasteiger partial charge in [0.2, 0.25) is 0 Å². The molecular formula is C10H23NOS. The van der Waals surface area contributed by atoms with Crippen molar-refractivity contribution in [2.45, 2.75) is 33.6 Å². The van der Waals surface area contributed by atoms with Gasteiger partial charge in [-0.2, -0.15) is 0 Å². The zero-order chi connectivity index (χ0) is 10.3. The van der Waals surface area contributed by atoms with Gasteiger partial charge >= 0.3 is 0 Å². The van der Waals surface area contributed by atoms with Crippen LogP contribution < -0.4 is 5.73 Å². The lowest BCUT2D eigenvalue weighted by molar-refractivity contribution is 0.573. The molecule has 0 saturated carbocycles. The van der Waals surface area contributed by atoms with E-state index in [1.807, 2.05) is 0 Å². The summed E-state index contributed by atoms with van der Waals surface area (Å²) >= 11 is 0. The highest BCUT2D eigenvalue weighted by molar-refractivity contribution is 7.84. The molecule has 0 saturated heterocycles. The standard InChI is InChI=1S/C10H23NOS/c1-9(2)5-4-6-13(12)8-10(3)7-11/h9-10H,4-8,11H2,1-3H3. The average Bonchev–Trinajstić information content (AvgIpc) is 2.03. The van der Waals surface area contributed by atoms with Crippen LogP contribution in [0.5, 0.6) is 0 Å². The van der Waals surface area contributed by atoms with Crippen LogP contribution in [0.25, 0.3) is 0 Å². The molecule has 0 rings (SSSR count). The van der Waals surface area contributed by atoms with Gasteiger partial charge in [0.1, 0.15) is 0 Å². The predicted molar refractivity (Wildman–Crippen MR) is 60.2 cm³/mol. The molecule has 0 aromatic carbocycles. The summed E-state index contributed by atoms with van der Waals surface area (Å²) < 4.78 is 11.4. The first-order valence-electron chi connectivity index (χ1n) is 5.11. The Morgan fingerprint density at radius 1 is 1.31 bits per heavy atom. The van der Waals surface area contributed by atoms with Crippen LogP contribution in [0.4, 0.5) is 0 Å². The maximum absolute atomic E-state index is 11.4. The van der Waals surface area contributed by atoms with Crippen molar-refractivity contribution in [3.63, 3.8) is 0 Å². The summed E-state index contributed by atoms with van der Waals surface area (Å²) in [5.74, 6) is 2.75. The second-order valence-corrected chi connectivity index (χ2v) is 5.81. The minimum atomic E-state index is -0.646. The van der Waals surface area contributed by atoms with Crippen LogP contribution in [0.15, 0.2) is 0 Å². The van der Waals surface area contributed by atoms with E-state index in [1.54, 1.807) is 0 Å². The first kappa shape index (κ1) is 13.1. The van der Waals surface area contributed by atoms with Crippen LogP contribution >= 0.6 is 0 Å². The molecule has 2 atom stereocenters. The molecule has 0 aliphatic carbocycles. The molecule has 2 N–H and O–H groups in total. The van der Waals surface area contributed by atoms with Gasteiger partial charge in [-0.25, -0.2) is 0 Å². The molecule has 3 heteroatoms. The summed E-state index contributed by atoms with van der Waals surface area (Å²) in [6.45, 7) is 7.10. The topological polar surface area (TPSA) is 43.1 Å². The third kappa shape index (κ3) is 8.44. The summed E-state index contributed by atoms with van der Waals surface area (Å²) in [5.41, 5.74) is 5.46. The van der Waals surface area contributed by atoms with E-state index in [9.17, 15) is 4.21 Å². The maximum Gasteiger partial charge on any atom is 0.0272 e. The van der Waals surface area contributed by atoms with E-state index in [1.165, 1.54) is 6.42 Å². The molecule has 0 aromatic heterocycles. The van der Waals surface area contributed by atoms with Gasteiger partial charge in [0, 0.05) is 22.3 Å². The van der Waals surface area contributed by atoms with Crippen molar-refractivity contribution in [3.8, 4) is 0 Å². The molecule has 0 bridgehead atoms. The number of hydrogen-bond acceptors (Lipinski definition) is 2. The van der Waals surface area contributed by atoms with Crippen molar-refractivity contribution in [1.29, 1.82) is 0 Å². The molecule has 80 valence electrons. The average molecular weight is 205 g/mol. The quantitative estimate of drug-likeness (QED) is 0.688. The summed E-state index contributed by atoms with van der Waals surface area (Å²) in [6, 6.07) is 0. The van der Waals surface area contributed by atoms with Crippen molar-refractivity contribution < 1.29 is 4.21 Å². The lowest BCUT2D eigenvalue weighted by Crippen LogP contribution is -2.19. The van der Waals surface area contributed by atoms with E-state index >= 15 is 0 Å². The Morgan fingerprint density at radius 3 is 2.38 bits per heavy atom. The molecule has 0 fully saturated rings. The van der Waals surface area contributed by atoms with Gasteiger partial charge in [-0.3, -0.25) is 4.21 Å².